The van der Waals surface area contributed by atoms with Gasteiger partial charge in [0.25, 0.3) is 0 Å². The minimum atomic E-state index is -0.254. The molecule has 0 bridgehead atoms. The first-order valence-corrected chi connectivity index (χ1v) is 8.15. The minimum Gasteiger partial charge on any atom is -0.325 e. The van der Waals surface area contributed by atoms with Crippen molar-refractivity contribution in [3.05, 3.63) is 28.2 Å². The molecule has 1 fully saturated rings. The van der Waals surface area contributed by atoms with Crippen LogP contribution < -0.4 is 10.6 Å². The van der Waals surface area contributed by atoms with E-state index in [-0.39, 0.29) is 11.3 Å². The van der Waals surface area contributed by atoms with Crippen molar-refractivity contribution in [1.29, 1.82) is 0 Å². The Kier molecular flexibility index (Phi) is 5.22. The molecule has 20 heavy (non-hydrogen) atoms. The Morgan fingerprint density at radius 1 is 1.50 bits per heavy atom. The van der Waals surface area contributed by atoms with E-state index in [2.05, 4.69) is 33.5 Å². The van der Waals surface area contributed by atoms with Gasteiger partial charge in [-0.15, -0.1) is 0 Å². The molecule has 1 aliphatic heterocycles. The molecule has 1 amide bonds. The fourth-order valence-electron chi connectivity index (χ4n) is 2.96. The lowest BCUT2D eigenvalue weighted by atomic mass is 9.76. The lowest BCUT2D eigenvalue weighted by Gasteiger charge is -2.36. The first kappa shape index (κ1) is 15.5. The number of nitrogens with one attached hydrogen (secondary N) is 2. The van der Waals surface area contributed by atoms with Gasteiger partial charge in [0.2, 0.25) is 5.91 Å². The molecule has 1 saturated heterocycles. The molecular formula is C16H23BrN2O. The predicted molar refractivity (Wildman–Crippen MR) is 87.0 cm³/mol. The Morgan fingerprint density at radius 3 is 2.95 bits per heavy atom. The number of anilines is 1. The SMILES string of the molecule is CCCC1(C(=O)Nc2cc(C)ccc2Br)CCCNC1. The molecule has 110 valence electrons. The maximum atomic E-state index is 12.8. The average molecular weight is 339 g/mol. The van der Waals surface area contributed by atoms with E-state index in [4.69, 9.17) is 0 Å². The zero-order valence-corrected chi connectivity index (χ0v) is 13.8. The van der Waals surface area contributed by atoms with Crippen molar-refractivity contribution in [3.63, 3.8) is 0 Å². The van der Waals surface area contributed by atoms with Gasteiger partial charge in [0, 0.05) is 11.0 Å². The van der Waals surface area contributed by atoms with E-state index in [1.54, 1.807) is 0 Å². The van der Waals surface area contributed by atoms with E-state index in [0.29, 0.717) is 0 Å². The summed E-state index contributed by atoms with van der Waals surface area (Å²) in [5.74, 6) is 0.151. The van der Waals surface area contributed by atoms with E-state index in [9.17, 15) is 4.79 Å². The molecule has 0 radical (unpaired) electrons. The highest BCUT2D eigenvalue weighted by atomic mass is 79.9. The Hall–Kier alpha value is -0.870. The molecule has 1 aromatic rings. The summed E-state index contributed by atoms with van der Waals surface area (Å²) in [6.45, 7) is 5.99. The van der Waals surface area contributed by atoms with Crippen LogP contribution in [0.15, 0.2) is 22.7 Å². The number of carbonyl (C=O) groups is 1. The number of halogens is 1. The highest BCUT2D eigenvalue weighted by Crippen LogP contribution is 2.34. The summed E-state index contributed by atoms with van der Waals surface area (Å²) in [4.78, 5) is 12.8. The van der Waals surface area contributed by atoms with Gasteiger partial charge in [0.15, 0.2) is 0 Å². The molecule has 2 rings (SSSR count). The fraction of sp³-hybridized carbons (Fsp3) is 0.562. The predicted octanol–water partition coefficient (Wildman–Crippen LogP) is 3.87. The number of carbonyl (C=O) groups excluding carboxylic acids is 1. The maximum absolute atomic E-state index is 12.8. The third-order valence-corrected chi connectivity index (χ3v) is 4.74. The molecule has 1 aromatic carbocycles. The van der Waals surface area contributed by atoms with Crippen LogP contribution in [0.25, 0.3) is 0 Å². The second kappa shape index (κ2) is 6.72. The van der Waals surface area contributed by atoms with Crippen LogP contribution in [0, 0.1) is 12.3 Å². The first-order chi connectivity index (χ1) is 9.57. The molecule has 4 heteroatoms. The Bertz CT molecular complexity index is 476. The first-order valence-electron chi connectivity index (χ1n) is 7.36. The molecular weight excluding hydrogens is 316 g/mol. The molecule has 0 spiro atoms. The van der Waals surface area contributed by atoms with Crippen LogP contribution >= 0.6 is 15.9 Å². The highest BCUT2D eigenvalue weighted by molar-refractivity contribution is 9.10. The van der Waals surface area contributed by atoms with Gasteiger partial charge < -0.3 is 10.6 Å². The van der Waals surface area contributed by atoms with Gasteiger partial charge in [-0.2, -0.15) is 0 Å². The van der Waals surface area contributed by atoms with Crippen LogP contribution in [-0.4, -0.2) is 19.0 Å². The van der Waals surface area contributed by atoms with E-state index < -0.39 is 0 Å². The van der Waals surface area contributed by atoms with E-state index in [1.165, 1.54) is 0 Å². The zero-order valence-electron chi connectivity index (χ0n) is 12.3. The third kappa shape index (κ3) is 3.41. The van der Waals surface area contributed by atoms with Crippen LogP contribution in [0.5, 0.6) is 0 Å². The lowest BCUT2D eigenvalue weighted by Crippen LogP contribution is -2.48. The largest absolute Gasteiger partial charge is 0.325 e. The van der Waals surface area contributed by atoms with Crippen molar-refractivity contribution < 1.29 is 4.79 Å². The van der Waals surface area contributed by atoms with E-state index in [1.807, 2.05) is 25.1 Å². The second-order valence-electron chi connectivity index (χ2n) is 5.75. The van der Waals surface area contributed by atoms with Gasteiger partial charge in [-0.25, -0.2) is 0 Å². The summed E-state index contributed by atoms with van der Waals surface area (Å²) < 4.78 is 0.937. The summed E-state index contributed by atoms with van der Waals surface area (Å²) in [6, 6.07) is 6.03. The quantitative estimate of drug-likeness (QED) is 0.874. The molecule has 0 aliphatic carbocycles. The van der Waals surface area contributed by atoms with Crippen molar-refractivity contribution in [1.82, 2.24) is 5.32 Å². The molecule has 1 aliphatic rings. The number of piperidine rings is 1. The summed E-state index contributed by atoms with van der Waals surface area (Å²) in [6.07, 6.45) is 4.02. The number of amides is 1. The monoisotopic (exact) mass is 338 g/mol. The molecule has 0 saturated carbocycles. The van der Waals surface area contributed by atoms with Crippen LogP contribution in [-0.2, 0) is 4.79 Å². The smallest absolute Gasteiger partial charge is 0.231 e. The van der Waals surface area contributed by atoms with E-state index >= 15 is 0 Å². The number of hydrogen-bond donors (Lipinski definition) is 2. The number of hydrogen-bond acceptors (Lipinski definition) is 2. The van der Waals surface area contributed by atoms with Crippen LogP contribution in [0.4, 0.5) is 5.69 Å². The van der Waals surface area contributed by atoms with Gasteiger partial charge in [-0.05, 0) is 66.4 Å². The van der Waals surface area contributed by atoms with Gasteiger partial charge in [-0.1, -0.05) is 19.4 Å². The fourth-order valence-corrected chi connectivity index (χ4v) is 3.30. The summed E-state index contributed by atoms with van der Waals surface area (Å²) in [5.41, 5.74) is 1.77. The standard InChI is InChI=1S/C16H23BrN2O/c1-3-7-16(8-4-9-18-11-16)15(20)19-14-10-12(2)5-6-13(14)17/h5-6,10,18H,3-4,7-9,11H2,1-2H3,(H,19,20). The van der Waals surface area contributed by atoms with Crippen molar-refractivity contribution in [2.45, 2.75) is 39.5 Å². The Morgan fingerprint density at radius 2 is 2.30 bits per heavy atom. The molecule has 3 nitrogen and oxygen atoms in total. The third-order valence-electron chi connectivity index (χ3n) is 4.05. The maximum Gasteiger partial charge on any atom is 0.231 e. The van der Waals surface area contributed by atoms with Crippen LogP contribution in [0.1, 0.15) is 38.2 Å². The van der Waals surface area contributed by atoms with Gasteiger partial charge >= 0.3 is 0 Å². The van der Waals surface area contributed by atoms with Gasteiger partial charge in [0.1, 0.15) is 0 Å². The zero-order chi connectivity index (χ0) is 14.6. The van der Waals surface area contributed by atoms with Crippen molar-refractivity contribution in [3.8, 4) is 0 Å². The summed E-state index contributed by atoms with van der Waals surface area (Å²) in [7, 11) is 0. The molecule has 1 atom stereocenters. The van der Waals surface area contributed by atoms with Crippen molar-refractivity contribution >= 4 is 27.5 Å². The van der Waals surface area contributed by atoms with Crippen LogP contribution in [0.3, 0.4) is 0 Å². The Balaban J connectivity index is 2.18. The number of rotatable bonds is 4. The highest BCUT2D eigenvalue weighted by Gasteiger charge is 2.38. The molecule has 2 N–H and O–H groups in total. The lowest BCUT2D eigenvalue weighted by molar-refractivity contribution is -0.127. The van der Waals surface area contributed by atoms with E-state index in [0.717, 1.165) is 54.5 Å². The molecule has 1 unspecified atom stereocenters. The molecule has 0 aromatic heterocycles. The van der Waals surface area contributed by atoms with Gasteiger partial charge in [-0.3, -0.25) is 4.79 Å². The van der Waals surface area contributed by atoms with Crippen molar-refractivity contribution in [2.75, 3.05) is 18.4 Å². The number of aryl methyl sites for hydroxylation is 1. The van der Waals surface area contributed by atoms with Gasteiger partial charge in [0.05, 0.1) is 11.1 Å². The second-order valence-corrected chi connectivity index (χ2v) is 6.60. The minimum absolute atomic E-state index is 0.151. The van der Waals surface area contributed by atoms with Crippen molar-refractivity contribution in [2.24, 2.45) is 5.41 Å². The molecule has 1 heterocycles. The topological polar surface area (TPSA) is 41.1 Å². The Labute approximate surface area is 129 Å². The number of benzene rings is 1. The normalized spacial score (nSPS) is 22.6. The summed E-state index contributed by atoms with van der Waals surface area (Å²) in [5, 5.41) is 6.50. The summed E-state index contributed by atoms with van der Waals surface area (Å²) >= 11 is 3.51. The van der Waals surface area contributed by atoms with Crippen LogP contribution in [0.2, 0.25) is 0 Å². The average Bonchev–Trinajstić information content (AvgIpc) is 2.44.